The van der Waals surface area contributed by atoms with Crippen molar-refractivity contribution >= 4 is 11.6 Å². The summed E-state index contributed by atoms with van der Waals surface area (Å²) >= 11 is 0. The average molecular weight is 150 g/mol. The van der Waals surface area contributed by atoms with Crippen LogP contribution in [0.15, 0.2) is 23.0 Å². The van der Waals surface area contributed by atoms with Crippen LogP contribution in [-0.2, 0) is 0 Å². The van der Waals surface area contributed by atoms with Crippen molar-refractivity contribution in [2.45, 2.75) is 0 Å². The lowest BCUT2D eigenvalue weighted by Crippen LogP contribution is -2.11. The minimum atomic E-state index is -0.160. The molecule has 11 heavy (non-hydrogen) atoms. The molecule has 0 bridgehead atoms. The SMILES string of the molecule is Nc1nc2cccc(=O)n2[nH]1. The minimum Gasteiger partial charge on any atom is -0.368 e. The Morgan fingerprint density at radius 3 is 3.09 bits per heavy atom. The first-order chi connectivity index (χ1) is 5.27. The summed E-state index contributed by atoms with van der Waals surface area (Å²) in [4.78, 5) is 14.9. The van der Waals surface area contributed by atoms with Gasteiger partial charge in [-0.15, -0.1) is 0 Å². The van der Waals surface area contributed by atoms with E-state index in [4.69, 9.17) is 5.73 Å². The van der Waals surface area contributed by atoms with Gasteiger partial charge >= 0.3 is 0 Å². The average Bonchev–Trinajstić information content (AvgIpc) is 2.31. The van der Waals surface area contributed by atoms with Crippen LogP contribution in [0.1, 0.15) is 0 Å². The highest BCUT2D eigenvalue weighted by atomic mass is 16.1. The van der Waals surface area contributed by atoms with Crippen molar-refractivity contribution in [3.63, 3.8) is 0 Å². The van der Waals surface area contributed by atoms with Gasteiger partial charge in [-0.2, -0.15) is 9.50 Å². The van der Waals surface area contributed by atoms with Crippen LogP contribution in [0.2, 0.25) is 0 Å². The second kappa shape index (κ2) is 1.85. The molecule has 0 aromatic carbocycles. The predicted molar refractivity (Wildman–Crippen MR) is 40.2 cm³/mol. The lowest BCUT2D eigenvalue weighted by molar-refractivity contribution is 0.926. The van der Waals surface area contributed by atoms with Gasteiger partial charge in [0.2, 0.25) is 5.95 Å². The molecule has 0 spiro atoms. The maximum atomic E-state index is 11.0. The monoisotopic (exact) mass is 150 g/mol. The van der Waals surface area contributed by atoms with E-state index >= 15 is 0 Å². The molecule has 2 aromatic heterocycles. The van der Waals surface area contributed by atoms with Crippen LogP contribution >= 0.6 is 0 Å². The fraction of sp³-hybridized carbons (Fsp3) is 0. The van der Waals surface area contributed by atoms with E-state index < -0.39 is 0 Å². The molecule has 0 radical (unpaired) electrons. The first kappa shape index (κ1) is 5.96. The Hall–Kier alpha value is -1.78. The van der Waals surface area contributed by atoms with Crippen molar-refractivity contribution < 1.29 is 0 Å². The molecule has 2 aromatic rings. The van der Waals surface area contributed by atoms with Gasteiger partial charge in [-0.05, 0) is 6.07 Å². The fourth-order valence-corrected chi connectivity index (χ4v) is 0.941. The van der Waals surface area contributed by atoms with Crippen molar-refractivity contribution in [3.8, 4) is 0 Å². The maximum absolute atomic E-state index is 11.0. The number of aromatic nitrogens is 3. The van der Waals surface area contributed by atoms with Gasteiger partial charge in [0.05, 0.1) is 0 Å². The number of hydrogen-bond acceptors (Lipinski definition) is 3. The Balaban J connectivity index is 3.02. The van der Waals surface area contributed by atoms with E-state index in [1.807, 2.05) is 0 Å². The van der Waals surface area contributed by atoms with Crippen molar-refractivity contribution in [1.29, 1.82) is 0 Å². The summed E-state index contributed by atoms with van der Waals surface area (Å²) in [5.74, 6) is 0.244. The van der Waals surface area contributed by atoms with Crippen LogP contribution in [-0.4, -0.2) is 14.6 Å². The first-order valence-corrected chi connectivity index (χ1v) is 3.10. The van der Waals surface area contributed by atoms with Gasteiger partial charge in [0.1, 0.15) is 0 Å². The zero-order valence-corrected chi connectivity index (χ0v) is 5.61. The number of hydrogen-bond donors (Lipinski definition) is 2. The van der Waals surface area contributed by atoms with Crippen molar-refractivity contribution in [2.24, 2.45) is 0 Å². The van der Waals surface area contributed by atoms with Crippen LogP contribution in [0.25, 0.3) is 5.65 Å². The highest BCUT2D eigenvalue weighted by molar-refractivity contribution is 5.40. The molecule has 5 nitrogen and oxygen atoms in total. The van der Waals surface area contributed by atoms with Crippen LogP contribution in [0.3, 0.4) is 0 Å². The Kier molecular flexibility index (Phi) is 1.00. The molecule has 5 heteroatoms. The van der Waals surface area contributed by atoms with Gasteiger partial charge in [0.15, 0.2) is 5.65 Å². The number of aromatic amines is 1. The number of nitrogens with one attached hydrogen (secondary N) is 1. The highest BCUT2D eigenvalue weighted by Gasteiger charge is 1.97. The zero-order chi connectivity index (χ0) is 7.84. The fourth-order valence-electron chi connectivity index (χ4n) is 0.941. The number of H-pyrrole nitrogens is 1. The summed E-state index contributed by atoms with van der Waals surface area (Å²) in [5, 5.41) is 2.60. The molecule has 2 heterocycles. The van der Waals surface area contributed by atoms with Crippen molar-refractivity contribution in [2.75, 3.05) is 5.73 Å². The van der Waals surface area contributed by atoms with E-state index in [1.165, 1.54) is 10.6 Å². The van der Waals surface area contributed by atoms with E-state index in [2.05, 4.69) is 10.1 Å². The predicted octanol–water partition coefficient (Wildman–Crippen LogP) is -0.395. The smallest absolute Gasteiger partial charge is 0.271 e. The summed E-state index contributed by atoms with van der Waals surface area (Å²) in [6.45, 7) is 0. The van der Waals surface area contributed by atoms with Crippen LogP contribution in [0.5, 0.6) is 0 Å². The summed E-state index contributed by atoms with van der Waals surface area (Å²) in [7, 11) is 0. The van der Waals surface area contributed by atoms with Gasteiger partial charge in [-0.1, -0.05) is 6.07 Å². The van der Waals surface area contributed by atoms with Crippen LogP contribution < -0.4 is 11.3 Å². The molecule has 0 saturated carbocycles. The Morgan fingerprint density at radius 2 is 2.36 bits per heavy atom. The van der Waals surface area contributed by atoms with Crippen molar-refractivity contribution in [3.05, 3.63) is 28.6 Å². The zero-order valence-electron chi connectivity index (χ0n) is 5.61. The molecule has 0 aliphatic rings. The van der Waals surface area contributed by atoms with Gasteiger partial charge in [0, 0.05) is 6.07 Å². The number of fused-ring (bicyclic) bond motifs is 1. The Morgan fingerprint density at radius 1 is 1.55 bits per heavy atom. The molecule has 2 rings (SSSR count). The molecular formula is C6H6N4O. The van der Waals surface area contributed by atoms with Gasteiger partial charge in [-0.3, -0.25) is 9.89 Å². The van der Waals surface area contributed by atoms with Crippen LogP contribution in [0.4, 0.5) is 5.95 Å². The number of nitrogen functional groups attached to an aromatic ring is 1. The van der Waals surface area contributed by atoms with E-state index in [0.717, 1.165) is 0 Å². The second-order valence-corrected chi connectivity index (χ2v) is 2.17. The molecule has 56 valence electrons. The molecule has 3 N–H and O–H groups in total. The Bertz CT molecular complexity index is 441. The van der Waals surface area contributed by atoms with Crippen molar-refractivity contribution in [1.82, 2.24) is 14.6 Å². The number of pyridine rings is 1. The van der Waals surface area contributed by atoms with E-state index in [0.29, 0.717) is 5.65 Å². The topological polar surface area (TPSA) is 76.2 Å². The molecule has 0 unspecified atom stereocenters. The quantitative estimate of drug-likeness (QED) is 0.536. The summed E-state index contributed by atoms with van der Waals surface area (Å²) in [5.41, 5.74) is 5.71. The Labute approximate surface area is 61.5 Å². The lowest BCUT2D eigenvalue weighted by atomic mass is 10.5. The van der Waals surface area contributed by atoms with E-state index in [9.17, 15) is 4.79 Å². The third-order valence-electron chi connectivity index (χ3n) is 1.39. The van der Waals surface area contributed by atoms with E-state index in [-0.39, 0.29) is 11.5 Å². The molecule has 0 fully saturated rings. The highest BCUT2D eigenvalue weighted by Crippen LogP contribution is 1.96. The lowest BCUT2D eigenvalue weighted by Gasteiger charge is -1.85. The number of nitrogens with zero attached hydrogens (tertiary/aromatic N) is 2. The molecule has 0 aliphatic heterocycles. The summed E-state index contributed by atoms with van der Waals surface area (Å²) < 4.78 is 1.29. The summed E-state index contributed by atoms with van der Waals surface area (Å²) in [6, 6.07) is 4.77. The summed E-state index contributed by atoms with van der Waals surface area (Å²) in [6.07, 6.45) is 0. The molecule has 0 aliphatic carbocycles. The number of anilines is 1. The third-order valence-corrected chi connectivity index (χ3v) is 1.39. The minimum absolute atomic E-state index is 0.160. The standard InChI is InChI=1S/C6H6N4O/c7-6-8-4-2-1-3-5(11)10(4)9-6/h1-3H,(H3,7,8,9). The van der Waals surface area contributed by atoms with Crippen LogP contribution in [0, 0.1) is 0 Å². The van der Waals surface area contributed by atoms with Gasteiger partial charge in [-0.25, -0.2) is 0 Å². The molecule has 0 amide bonds. The molecule has 0 saturated heterocycles. The largest absolute Gasteiger partial charge is 0.368 e. The van der Waals surface area contributed by atoms with Gasteiger partial charge in [0.25, 0.3) is 5.56 Å². The third kappa shape index (κ3) is 0.778. The normalized spacial score (nSPS) is 10.5. The second-order valence-electron chi connectivity index (χ2n) is 2.17. The number of rotatable bonds is 0. The number of nitrogens with two attached hydrogens (primary N) is 1. The molecule has 0 atom stereocenters. The van der Waals surface area contributed by atoms with Gasteiger partial charge < -0.3 is 5.73 Å². The molecular weight excluding hydrogens is 144 g/mol. The van der Waals surface area contributed by atoms with E-state index in [1.54, 1.807) is 12.1 Å². The maximum Gasteiger partial charge on any atom is 0.271 e. The first-order valence-electron chi connectivity index (χ1n) is 3.10.